The molecule has 0 radical (unpaired) electrons. The number of hydrazone groups is 1. The Hall–Kier alpha value is -1.26. The maximum atomic E-state index is 11.5. The van der Waals surface area contributed by atoms with E-state index in [0.29, 0.717) is 22.2 Å². The number of carbonyl (C=O) groups is 1. The van der Waals surface area contributed by atoms with Crippen LogP contribution in [0, 0.1) is 0 Å². The Kier molecular flexibility index (Phi) is 5.84. The van der Waals surface area contributed by atoms with Crippen LogP contribution >= 0.6 is 23.2 Å². The molecular weight excluding hydrogens is 299 g/mol. The smallest absolute Gasteiger partial charge is 0.428 e. The van der Waals surface area contributed by atoms with Crippen LogP contribution in [0.3, 0.4) is 0 Å². The molecule has 1 rings (SSSR count). The van der Waals surface area contributed by atoms with E-state index in [0.717, 1.165) is 5.56 Å². The molecule has 0 saturated heterocycles. The number of ether oxygens (including phenoxy) is 1. The number of hydrogen-bond donors (Lipinski definition) is 1. The van der Waals surface area contributed by atoms with Crippen molar-refractivity contribution in [3.63, 3.8) is 0 Å². The van der Waals surface area contributed by atoms with Crippen molar-refractivity contribution < 1.29 is 9.53 Å². The van der Waals surface area contributed by atoms with Crippen LogP contribution < -0.4 is 5.43 Å². The summed E-state index contributed by atoms with van der Waals surface area (Å²) in [5.41, 5.74) is 3.31. The predicted molar refractivity (Wildman–Crippen MR) is 82.7 cm³/mol. The summed E-state index contributed by atoms with van der Waals surface area (Å²) >= 11 is 11.8. The highest BCUT2D eigenvalue weighted by atomic mass is 35.5. The summed E-state index contributed by atoms with van der Waals surface area (Å²) in [5.74, 6) is 0. The second-order valence-corrected chi connectivity index (χ2v) is 5.97. The van der Waals surface area contributed by atoms with Gasteiger partial charge in [0.2, 0.25) is 0 Å². The van der Waals surface area contributed by atoms with Crippen molar-refractivity contribution in [1.29, 1.82) is 0 Å². The van der Waals surface area contributed by atoms with E-state index < -0.39 is 11.7 Å². The van der Waals surface area contributed by atoms with Gasteiger partial charge < -0.3 is 4.74 Å². The van der Waals surface area contributed by atoms with Gasteiger partial charge in [0.05, 0.1) is 15.8 Å². The Morgan fingerprint density at radius 1 is 1.30 bits per heavy atom. The third-order valence-corrected chi connectivity index (χ3v) is 3.01. The van der Waals surface area contributed by atoms with Gasteiger partial charge in [-0.3, -0.25) is 0 Å². The Morgan fingerprint density at radius 2 is 1.95 bits per heavy atom. The molecule has 0 aliphatic heterocycles. The van der Waals surface area contributed by atoms with Gasteiger partial charge in [-0.1, -0.05) is 36.2 Å². The normalized spacial score (nSPS) is 12.2. The minimum absolute atomic E-state index is 0.447. The molecule has 0 heterocycles. The van der Waals surface area contributed by atoms with Crippen molar-refractivity contribution in [3.8, 4) is 0 Å². The molecule has 1 aromatic rings. The molecule has 0 atom stereocenters. The summed E-state index contributed by atoms with van der Waals surface area (Å²) in [4.78, 5) is 11.5. The largest absolute Gasteiger partial charge is 0.443 e. The molecule has 0 saturated carbocycles. The van der Waals surface area contributed by atoms with Gasteiger partial charge in [-0.25, -0.2) is 10.2 Å². The molecule has 0 aromatic heterocycles. The standard InChI is InChI=1S/C14H18Cl2N2O2/c1-5-12(9-6-7-10(15)11(16)8-9)17-18-13(19)20-14(2,3)4/h6-8H,5H2,1-4H3,(H,18,19)/b17-12+. The predicted octanol–water partition coefficient (Wildman–Crippen LogP) is 4.63. The summed E-state index contributed by atoms with van der Waals surface area (Å²) in [6.45, 7) is 7.29. The van der Waals surface area contributed by atoms with Gasteiger partial charge >= 0.3 is 6.09 Å². The molecule has 6 heteroatoms. The third kappa shape index (κ3) is 5.39. The van der Waals surface area contributed by atoms with Gasteiger partial charge in [0.1, 0.15) is 5.60 Å². The molecule has 0 unspecified atom stereocenters. The number of nitrogens with zero attached hydrogens (tertiary/aromatic N) is 1. The number of hydrogen-bond acceptors (Lipinski definition) is 3. The third-order valence-electron chi connectivity index (χ3n) is 2.27. The van der Waals surface area contributed by atoms with E-state index in [1.165, 1.54) is 0 Å². The second kappa shape index (κ2) is 6.95. The number of nitrogens with one attached hydrogen (secondary N) is 1. The topological polar surface area (TPSA) is 50.7 Å². The van der Waals surface area contributed by atoms with Crippen molar-refractivity contribution in [2.24, 2.45) is 5.10 Å². The lowest BCUT2D eigenvalue weighted by atomic mass is 10.1. The first-order valence-electron chi connectivity index (χ1n) is 6.24. The summed E-state index contributed by atoms with van der Waals surface area (Å²) in [5, 5.41) is 4.98. The Bertz CT molecular complexity index is 522. The Balaban J connectivity index is 2.82. The molecule has 0 spiro atoms. The second-order valence-electron chi connectivity index (χ2n) is 5.15. The quantitative estimate of drug-likeness (QED) is 0.652. The minimum atomic E-state index is -0.594. The zero-order valence-corrected chi connectivity index (χ0v) is 13.5. The van der Waals surface area contributed by atoms with Crippen molar-refractivity contribution in [1.82, 2.24) is 5.43 Å². The molecule has 0 aliphatic rings. The maximum absolute atomic E-state index is 11.5. The van der Waals surface area contributed by atoms with Crippen LogP contribution in [0.1, 0.15) is 39.7 Å². The van der Waals surface area contributed by atoms with Crippen LogP contribution in [-0.2, 0) is 4.74 Å². The van der Waals surface area contributed by atoms with E-state index in [1.54, 1.807) is 39.0 Å². The first-order chi connectivity index (χ1) is 9.23. The fraction of sp³-hybridized carbons (Fsp3) is 0.429. The molecule has 1 N–H and O–H groups in total. The lowest BCUT2D eigenvalue weighted by Crippen LogP contribution is -2.30. The first kappa shape index (κ1) is 16.8. The number of benzene rings is 1. The molecular formula is C14H18Cl2N2O2. The monoisotopic (exact) mass is 316 g/mol. The number of carbonyl (C=O) groups excluding carboxylic acids is 1. The molecule has 1 amide bonds. The lowest BCUT2D eigenvalue weighted by Gasteiger charge is -2.18. The minimum Gasteiger partial charge on any atom is -0.443 e. The highest BCUT2D eigenvalue weighted by Gasteiger charge is 2.15. The van der Waals surface area contributed by atoms with Crippen LogP contribution in [0.15, 0.2) is 23.3 Å². The van der Waals surface area contributed by atoms with Gasteiger partial charge in [-0.15, -0.1) is 0 Å². The summed E-state index contributed by atoms with van der Waals surface area (Å²) in [6, 6.07) is 5.20. The van der Waals surface area contributed by atoms with Gasteiger partial charge in [-0.2, -0.15) is 5.10 Å². The highest BCUT2D eigenvalue weighted by molar-refractivity contribution is 6.42. The first-order valence-corrected chi connectivity index (χ1v) is 6.99. The lowest BCUT2D eigenvalue weighted by molar-refractivity contribution is 0.0529. The Labute approximate surface area is 129 Å². The van der Waals surface area contributed by atoms with Gasteiger partial charge in [0.25, 0.3) is 0 Å². The molecule has 4 nitrogen and oxygen atoms in total. The van der Waals surface area contributed by atoms with E-state index >= 15 is 0 Å². The van der Waals surface area contributed by atoms with Crippen LogP contribution in [0.4, 0.5) is 4.79 Å². The molecule has 0 fully saturated rings. The summed E-state index contributed by atoms with van der Waals surface area (Å²) in [7, 11) is 0. The summed E-state index contributed by atoms with van der Waals surface area (Å²) in [6.07, 6.45) is 0.0387. The fourth-order valence-corrected chi connectivity index (χ4v) is 1.74. The van der Waals surface area contributed by atoms with Crippen LogP contribution in [0.2, 0.25) is 10.0 Å². The fourth-order valence-electron chi connectivity index (χ4n) is 1.44. The molecule has 0 aliphatic carbocycles. The maximum Gasteiger partial charge on any atom is 0.428 e. The number of amides is 1. The molecule has 110 valence electrons. The van der Waals surface area contributed by atoms with Crippen molar-refractivity contribution in [3.05, 3.63) is 33.8 Å². The number of halogens is 2. The van der Waals surface area contributed by atoms with Crippen molar-refractivity contribution >= 4 is 35.0 Å². The molecule has 0 bridgehead atoms. The van der Waals surface area contributed by atoms with E-state index in [-0.39, 0.29) is 0 Å². The average molecular weight is 317 g/mol. The van der Waals surface area contributed by atoms with Gasteiger partial charge in [0, 0.05) is 0 Å². The average Bonchev–Trinajstić information content (AvgIpc) is 2.32. The van der Waals surface area contributed by atoms with E-state index in [9.17, 15) is 4.79 Å². The van der Waals surface area contributed by atoms with Crippen LogP contribution in [0.5, 0.6) is 0 Å². The van der Waals surface area contributed by atoms with E-state index in [2.05, 4.69) is 10.5 Å². The van der Waals surface area contributed by atoms with Gasteiger partial charge in [-0.05, 0) is 44.9 Å². The number of rotatable bonds is 3. The molecule has 20 heavy (non-hydrogen) atoms. The summed E-state index contributed by atoms with van der Waals surface area (Å²) < 4.78 is 5.11. The zero-order chi connectivity index (χ0) is 15.3. The highest BCUT2D eigenvalue weighted by Crippen LogP contribution is 2.23. The Morgan fingerprint density at radius 3 is 2.45 bits per heavy atom. The van der Waals surface area contributed by atoms with Crippen molar-refractivity contribution in [2.45, 2.75) is 39.7 Å². The van der Waals surface area contributed by atoms with Crippen LogP contribution in [-0.4, -0.2) is 17.4 Å². The zero-order valence-electron chi connectivity index (χ0n) is 12.0. The van der Waals surface area contributed by atoms with Gasteiger partial charge in [0.15, 0.2) is 0 Å². The SMILES string of the molecule is CC/C(=N\NC(=O)OC(C)(C)C)c1ccc(Cl)c(Cl)c1. The van der Waals surface area contributed by atoms with Crippen LogP contribution in [0.25, 0.3) is 0 Å². The van der Waals surface area contributed by atoms with Crippen molar-refractivity contribution in [2.75, 3.05) is 0 Å². The van der Waals surface area contributed by atoms with E-state index in [4.69, 9.17) is 27.9 Å². The molecule has 1 aromatic carbocycles. The van der Waals surface area contributed by atoms with E-state index in [1.807, 2.05) is 6.92 Å².